The van der Waals surface area contributed by atoms with E-state index in [0.29, 0.717) is 0 Å². The average molecular weight is 302 g/mol. The van der Waals surface area contributed by atoms with Crippen LogP contribution in [0, 0.1) is 0 Å². The zero-order chi connectivity index (χ0) is 14.6. The highest BCUT2D eigenvalue weighted by Crippen LogP contribution is 2.29. The van der Waals surface area contributed by atoms with Crippen molar-refractivity contribution >= 4 is 23.8 Å². The fraction of sp³-hybridized carbons (Fsp3) is 0.778. The van der Waals surface area contributed by atoms with E-state index in [4.69, 9.17) is 5.11 Å². The number of carbonyl (C=O) groups is 2. The second kappa shape index (κ2) is 6.33. The number of alkyl halides is 3. The maximum atomic E-state index is 11.8. The summed E-state index contributed by atoms with van der Waals surface area (Å²) in [5.74, 6) is -1.61. The van der Waals surface area contributed by atoms with Gasteiger partial charge in [0.05, 0.1) is 6.10 Å². The molecule has 0 aliphatic carbocycles. The fourth-order valence-electron chi connectivity index (χ4n) is 1.70. The van der Waals surface area contributed by atoms with Crippen LogP contribution in [0.15, 0.2) is 0 Å². The molecular weight excluding hydrogens is 289 g/mol. The van der Waals surface area contributed by atoms with Crippen LogP contribution in [0.25, 0.3) is 0 Å². The van der Waals surface area contributed by atoms with E-state index in [1.165, 1.54) is 0 Å². The molecule has 10 heteroatoms. The van der Waals surface area contributed by atoms with Crippen molar-refractivity contribution < 1.29 is 33.0 Å². The normalized spacial score (nSPS) is 23.5. The molecule has 1 saturated heterocycles. The molecule has 110 valence electrons. The number of hydrogen-bond donors (Lipinski definition) is 3. The van der Waals surface area contributed by atoms with Crippen molar-refractivity contribution in [3.05, 3.63) is 0 Å². The van der Waals surface area contributed by atoms with E-state index in [1.54, 1.807) is 0 Å². The van der Waals surface area contributed by atoms with Crippen molar-refractivity contribution in [1.29, 1.82) is 0 Å². The summed E-state index contributed by atoms with van der Waals surface area (Å²) in [5, 5.41) is 20.3. The van der Waals surface area contributed by atoms with Gasteiger partial charge in [0.15, 0.2) is 0 Å². The number of carboxylic acids is 1. The third-order valence-corrected chi connectivity index (χ3v) is 3.20. The largest absolute Gasteiger partial charge is 0.480 e. The molecule has 0 aromatic carbocycles. The van der Waals surface area contributed by atoms with Gasteiger partial charge in [-0.25, -0.2) is 9.59 Å². The fourth-order valence-corrected chi connectivity index (χ4v) is 2.13. The summed E-state index contributed by atoms with van der Waals surface area (Å²) in [6, 6.07) is -1.93. The topological polar surface area (TPSA) is 89.9 Å². The van der Waals surface area contributed by atoms with Crippen molar-refractivity contribution in [3.63, 3.8) is 0 Å². The van der Waals surface area contributed by atoms with Gasteiger partial charge in [0, 0.05) is 25.3 Å². The lowest BCUT2D eigenvalue weighted by Crippen LogP contribution is -2.46. The molecule has 1 fully saturated rings. The monoisotopic (exact) mass is 302 g/mol. The Morgan fingerprint density at radius 1 is 1.42 bits per heavy atom. The summed E-state index contributed by atoms with van der Waals surface area (Å²) in [5.41, 5.74) is -4.36. The minimum atomic E-state index is -4.36. The maximum Gasteiger partial charge on any atom is 0.441 e. The predicted octanol–water partition coefficient (Wildman–Crippen LogP) is 0.469. The number of carbonyl (C=O) groups excluding carboxylic acids is 1. The number of halogens is 3. The summed E-state index contributed by atoms with van der Waals surface area (Å²) < 4.78 is 35.5. The van der Waals surface area contributed by atoms with Crippen molar-refractivity contribution in [3.8, 4) is 0 Å². The van der Waals surface area contributed by atoms with Crippen LogP contribution in [0.3, 0.4) is 0 Å². The second-order valence-corrected chi connectivity index (χ2v) is 5.08. The van der Waals surface area contributed by atoms with E-state index in [9.17, 15) is 27.9 Å². The molecule has 1 aliphatic heterocycles. The molecule has 0 unspecified atom stereocenters. The van der Waals surface area contributed by atoms with Crippen LogP contribution in [0.1, 0.15) is 6.42 Å². The van der Waals surface area contributed by atoms with Gasteiger partial charge in [-0.05, 0) is 11.8 Å². The second-order valence-electron chi connectivity index (χ2n) is 3.92. The predicted molar refractivity (Wildman–Crippen MR) is 60.7 cm³/mol. The van der Waals surface area contributed by atoms with Gasteiger partial charge in [-0.2, -0.15) is 13.2 Å². The minimum Gasteiger partial charge on any atom is -0.480 e. The first-order valence-electron chi connectivity index (χ1n) is 5.36. The number of aliphatic hydroxyl groups is 1. The first kappa shape index (κ1) is 15.9. The lowest BCUT2D eigenvalue weighted by Gasteiger charge is -2.21. The summed E-state index contributed by atoms with van der Waals surface area (Å²) in [7, 11) is 0. The molecule has 19 heavy (non-hydrogen) atoms. The molecule has 0 radical (unpaired) electrons. The molecular formula is C9H13F3N2O4S. The van der Waals surface area contributed by atoms with Crippen molar-refractivity contribution in [1.82, 2.24) is 10.2 Å². The number of rotatable bonds is 4. The Balaban J connectivity index is 2.38. The van der Waals surface area contributed by atoms with E-state index >= 15 is 0 Å². The van der Waals surface area contributed by atoms with E-state index in [0.717, 1.165) is 4.90 Å². The number of β-amino-alcohol motifs (C(OH)–C–C–N with tert-alkyl or cyclic N) is 1. The number of amides is 2. The van der Waals surface area contributed by atoms with Crippen LogP contribution in [0.5, 0.6) is 0 Å². The number of thioether (sulfide) groups is 1. The van der Waals surface area contributed by atoms with Crippen molar-refractivity contribution in [2.75, 3.05) is 18.8 Å². The smallest absolute Gasteiger partial charge is 0.441 e. The number of likely N-dealkylation sites (tertiary alicyclic amines) is 1. The van der Waals surface area contributed by atoms with Crippen LogP contribution in [-0.4, -0.2) is 63.6 Å². The summed E-state index contributed by atoms with van der Waals surface area (Å²) in [4.78, 5) is 23.3. The number of nitrogens with one attached hydrogen (secondary N) is 1. The molecule has 1 rings (SSSR count). The SMILES string of the molecule is O=C(O)[C@H]1C[C@@H](O)CN1C(=O)NCCSC(F)(F)F. The van der Waals surface area contributed by atoms with Crippen LogP contribution in [-0.2, 0) is 4.79 Å². The first-order valence-corrected chi connectivity index (χ1v) is 6.35. The van der Waals surface area contributed by atoms with Crippen LogP contribution < -0.4 is 5.32 Å². The lowest BCUT2D eigenvalue weighted by atomic mass is 10.2. The van der Waals surface area contributed by atoms with Gasteiger partial charge in [0.2, 0.25) is 0 Å². The van der Waals surface area contributed by atoms with Gasteiger partial charge in [-0.3, -0.25) is 0 Å². The third kappa shape index (κ3) is 5.15. The Bertz CT molecular complexity index is 353. The molecule has 1 aliphatic rings. The number of aliphatic carboxylic acids is 1. The number of aliphatic hydroxyl groups excluding tert-OH is 1. The molecule has 1 heterocycles. The first-order chi connectivity index (χ1) is 8.70. The molecule has 2 amide bonds. The highest BCUT2D eigenvalue weighted by atomic mass is 32.2. The van der Waals surface area contributed by atoms with Crippen LogP contribution in [0.4, 0.5) is 18.0 Å². The molecule has 0 spiro atoms. The highest BCUT2D eigenvalue weighted by Gasteiger charge is 2.38. The van der Waals surface area contributed by atoms with E-state index in [1.807, 2.05) is 0 Å². The number of urea groups is 1. The minimum absolute atomic E-state index is 0.0833. The third-order valence-electron chi connectivity index (χ3n) is 2.47. The maximum absolute atomic E-state index is 11.8. The van der Waals surface area contributed by atoms with Crippen molar-refractivity contribution in [2.45, 2.75) is 24.1 Å². The van der Waals surface area contributed by atoms with Gasteiger partial charge in [-0.1, -0.05) is 0 Å². The Labute approximate surface area is 110 Å². The zero-order valence-corrected chi connectivity index (χ0v) is 10.5. The van der Waals surface area contributed by atoms with E-state index < -0.39 is 29.7 Å². The molecule has 0 saturated carbocycles. The Kier molecular flexibility index (Phi) is 5.29. The Hall–Kier alpha value is -1.16. The molecule has 0 bridgehead atoms. The number of hydrogen-bond acceptors (Lipinski definition) is 4. The molecule has 0 aromatic rings. The zero-order valence-electron chi connectivity index (χ0n) is 9.68. The molecule has 2 atom stereocenters. The van der Waals surface area contributed by atoms with Gasteiger partial charge >= 0.3 is 17.5 Å². The van der Waals surface area contributed by atoms with Gasteiger partial charge < -0.3 is 20.4 Å². The quantitative estimate of drug-likeness (QED) is 0.657. The standard InChI is InChI=1S/C9H13F3N2O4S/c10-9(11,12)19-2-1-13-8(18)14-4-5(15)3-6(14)7(16)17/h5-6,15H,1-4H2,(H,13,18)(H,16,17)/t5-,6-/m1/s1. The number of nitrogens with zero attached hydrogens (tertiary/aromatic N) is 1. The highest BCUT2D eigenvalue weighted by molar-refractivity contribution is 8.00. The molecule has 3 N–H and O–H groups in total. The Morgan fingerprint density at radius 3 is 2.58 bits per heavy atom. The molecule has 6 nitrogen and oxygen atoms in total. The Morgan fingerprint density at radius 2 is 2.05 bits per heavy atom. The van der Waals surface area contributed by atoms with Gasteiger partial charge in [0.25, 0.3) is 0 Å². The van der Waals surface area contributed by atoms with Crippen LogP contribution in [0.2, 0.25) is 0 Å². The molecule has 0 aromatic heterocycles. The van der Waals surface area contributed by atoms with E-state index in [-0.39, 0.29) is 37.0 Å². The van der Waals surface area contributed by atoms with Gasteiger partial charge in [-0.15, -0.1) is 0 Å². The summed E-state index contributed by atoms with van der Waals surface area (Å²) in [6.45, 7) is -0.378. The van der Waals surface area contributed by atoms with Gasteiger partial charge in [0.1, 0.15) is 6.04 Å². The lowest BCUT2D eigenvalue weighted by molar-refractivity contribution is -0.141. The summed E-state index contributed by atoms with van der Waals surface area (Å²) >= 11 is -0.273. The van der Waals surface area contributed by atoms with Crippen LogP contribution >= 0.6 is 11.8 Å². The average Bonchev–Trinajstić information content (AvgIpc) is 2.65. The summed E-state index contributed by atoms with van der Waals surface area (Å²) in [6.07, 6.45) is -1.02. The van der Waals surface area contributed by atoms with Crippen molar-refractivity contribution in [2.24, 2.45) is 0 Å². The number of carboxylic acid groups (broad SMARTS) is 1. The van der Waals surface area contributed by atoms with E-state index in [2.05, 4.69) is 5.32 Å².